The second-order valence-corrected chi connectivity index (χ2v) is 7.43. The van der Waals surface area contributed by atoms with Gasteiger partial charge in [-0.15, -0.1) is 0 Å². The first-order valence-corrected chi connectivity index (χ1v) is 8.43. The summed E-state index contributed by atoms with van der Waals surface area (Å²) in [5.41, 5.74) is 2.18. The number of ether oxygens (including phenoxy) is 2. The number of carbonyl (C=O) groups excluding carboxylic acids is 2. The van der Waals surface area contributed by atoms with Gasteiger partial charge in [-0.25, -0.2) is 9.59 Å². The quantitative estimate of drug-likeness (QED) is 0.621. The van der Waals surface area contributed by atoms with E-state index < -0.39 is 18.1 Å². The summed E-state index contributed by atoms with van der Waals surface area (Å²) in [6, 6.07) is 7.16. The van der Waals surface area contributed by atoms with Gasteiger partial charge in [-0.3, -0.25) is 0 Å². The summed E-state index contributed by atoms with van der Waals surface area (Å²) in [5.74, 6) is -0.239. The Kier molecular flexibility index (Phi) is 7.22. The highest BCUT2D eigenvalue weighted by atomic mass is 16.6. The molecular weight excluding hydrogens is 318 g/mol. The van der Waals surface area contributed by atoms with Crippen molar-refractivity contribution in [2.45, 2.75) is 65.5 Å². The van der Waals surface area contributed by atoms with Gasteiger partial charge in [0.2, 0.25) is 0 Å². The van der Waals surface area contributed by atoms with Gasteiger partial charge in [-0.2, -0.15) is 0 Å². The number of esters is 1. The molecule has 1 aromatic carbocycles. The largest absolute Gasteiger partial charge is 0.461 e. The maximum atomic E-state index is 12.3. The van der Waals surface area contributed by atoms with Gasteiger partial charge in [0, 0.05) is 6.42 Å². The van der Waals surface area contributed by atoms with Crippen molar-refractivity contribution in [1.82, 2.24) is 5.32 Å². The van der Waals surface area contributed by atoms with Gasteiger partial charge in [-0.1, -0.05) is 51.6 Å². The fourth-order valence-electron chi connectivity index (χ4n) is 2.21. The van der Waals surface area contributed by atoms with Gasteiger partial charge in [0.25, 0.3) is 0 Å². The fourth-order valence-corrected chi connectivity index (χ4v) is 2.21. The Morgan fingerprint density at radius 1 is 1.16 bits per heavy atom. The lowest BCUT2D eigenvalue weighted by Gasteiger charge is -2.21. The van der Waals surface area contributed by atoms with Crippen LogP contribution in [0, 0.1) is 0 Å². The lowest BCUT2D eigenvalue weighted by atomic mass is 9.86. The molecule has 5 heteroatoms. The van der Waals surface area contributed by atoms with Crippen molar-refractivity contribution in [2.75, 3.05) is 0 Å². The van der Waals surface area contributed by atoms with Crippen molar-refractivity contribution in [3.8, 4) is 0 Å². The molecule has 1 N–H and O–H groups in total. The van der Waals surface area contributed by atoms with Crippen LogP contribution >= 0.6 is 0 Å². The van der Waals surface area contributed by atoms with Crippen LogP contribution in [0.15, 0.2) is 36.6 Å². The molecule has 1 atom stereocenters. The molecular formula is C20H29NO4. The molecule has 0 saturated carbocycles. The Hall–Kier alpha value is -2.30. The Balaban J connectivity index is 2.90. The Labute approximate surface area is 150 Å². The molecule has 0 aliphatic heterocycles. The normalized spacial score (nSPS) is 12.4. The van der Waals surface area contributed by atoms with Crippen LogP contribution in [-0.4, -0.2) is 24.2 Å². The standard InChI is InChI=1S/C20H29NO4/c1-13(2)24-18(22)17(21-19(23)25-14(3)4)12-15-8-10-16(11-9-15)20(5,6)7/h8-11,13,17H,3,12H2,1-2,4-7H3,(H,21,23)/t17-/m1/s1. The molecule has 1 aromatic rings. The van der Waals surface area contributed by atoms with Crippen LogP contribution in [0.3, 0.4) is 0 Å². The molecule has 0 spiro atoms. The third-order valence-electron chi connectivity index (χ3n) is 3.46. The van der Waals surface area contributed by atoms with E-state index in [4.69, 9.17) is 9.47 Å². The summed E-state index contributed by atoms with van der Waals surface area (Å²) in [6.45, 7) is 15.0. The van der Waals surface area contributed by atoms with Gasteiger partial charge in [0.05, 0.1) is 11.9 Å². The van der Waals surface area contributed by atoms with Gasteiger partial charge in [0.15, 0.2) is 0 Å². The van der Waals surface area contributed by atoms with Gasteiger partial charge in [-0.05, 0) is 37.3 Å². The van der Waals surface area contributed by atoms with Gasteiger partial charge in [0.1, 0.15) is 6.04 Å². The number of allylic oxidation sites excluding steroid dienone is 1. The SMILES string of the molecule is C=C(C)OC(=O)N[C@H](Cc1ccc(C(C)(C)C)cc1)C(=O)OC(C)C. The van der Waals surface area contributed by atoms with E-state index in [1.54, 1.807) is 20.8 Å². The summed E-state index contributed by atoms with van der Waals surface area (Å²) in [4.78, 5) is 24.1. The summed E-state index contributed by atoms with van der Waals surface area (Å²) >= 11 is 0. The monoisotopic (exact) mass is 347 g/mol. The first-order valence-electron chi connectivity index (χ1n) is 8.43. The maximum absolute atomic E-state index is 12.3. The zero-order valence-electron chi connectivity index (χ0n) is 16.0. The molecule has 138 valence electrons. The number of alkyl carbamates (subject to hydrolysis) is 1. The summed E-state index contributed by atoms with van der Waals surface area (Å²) < 4.78 is 10.1. The van der Waals surface area contributed by atoms with E-state index in [9.17, 15) is 9.59 Å². The second kappa shape index (κ2) is 8.70. The third kappa shape index (κ3) is 7.42. The summed E-state index contributed by atoms with van der Waals surface area (Å²) in [6.07, 6.45) is -0.664. The smallest absolute Gasteiger partial charge is 0.412 e. The third-order valence-corrected chi connectivity index (χ3v) is 3.46. The molecule has 0 aliphatic carbocycles. The Morgan fingerprint density at radius 2 is 1.72 bits per heavy atom. The Bertz CT molecular complexity index is 612. The van der Waals surface area contributed by atoms with Crippen molar-refractivity contribution in [1.29, 1.82) is 0 Å². The van der Waals surface area contributed by atoms with E-state index in [0.29, 0.717) is 6.42 Å². The van der Waals surface area contributed by atoms with Gasteiger partial charge < -0.3 is 14.8 Å². The highest BCUT2D eigenvalue weighted by Crippen LogP contribution is 2.22. The van der Waals surface area contributed by atoms with E-state index >= 15 is 0 Å². The van der Waals surface area contributed by atoms with E-state index in [2.05, 4.69) is 32.7 Å². The van der Waals surface area contributed by atoms with E-state index in [1.807, 2.05) is 24.3 Å². The molecule has 5 nitrogen and oxygen atoms in total. The minimum Gasteiger partial charge on any atom is -0.461 e. The van der Waals surface area contributed by atoms with Gasteiger partial charge >= 0.3 is 12.1 Å². The van der Waals surface area contributed by atoms with Crippen LogP contribution in [0.1, 0.15) is 52.7 Å². The van der Waals surface area contributed by atoms with Crippen molar-refractivity contribution >= 4 is 12.1 Å². The molecule has 0 radical (unpaired) electrons. The molecule has 1 amide bonds. The van der Waals surface area contributed by atoms with Crippen LogP contribution in [0.5, 0.6) is 0 Å². The zero-order valence-corrected chi connectivity index (χ0v) is 16.0. The minimum atomic E-state index is -0.824. The average Bonchev–Trinajstić information content (AvgIpc) is 2.44. The average molecular weight is 347 g/mol. The molecule has 0 unspecified atom stereocenters. The minimum absolute atomic E-state index is 0.0536. The lowest BCUT2D eigenvalue weighted by Crippen LogP contribution is -2.44. The molecule has 0 bridgehead atoms. The molecule has 0 aromatic heterocycles. The number of carbonyl (C=O) groups is 2. The summed E-state index contributed by atoms with van der Waals surface area (Å²) in [7, 11) is 0. The number of hydrogen-bond acceptors (Lipinski definition) is 4. The number of nitrogens with one attached hydrogen (secondary N) is 1. The van der Waals surface area contributed by atoms with Crippen LogP contribution in [-0.2, 0) is 26.1 Å². The molecule has 25 heavy (non-hydrogen) atoms. The highest BCUT2D eigenvalue weighted by molar-refractivity contribution is 5.82. The molecule has 0 heterocycles. The molecule has 0 aliphatic rings. The van der Waals surface area contributed by atoms with Crippen LogP contribution in [0.2, 0.25) is 0 Å². The Morgan fingerprint density at radius 3 is 2.16 bits per heavy atom. The molecule has 1 rings (SSSR count). The predicted octanol–water partition coefficient (Wildman–Crippen LogP) is 4.11. The van der Waals surface area contributed by atoms with Crippen molar-refractivity contribution in [2.24, 2.45) is 0 Å². The van der Waals surface area contributed by atoms with Crippen LogP contribution in [0.4, 0.5) is 4.79 Å². The first-order chi connectivity index (χ1) is 11.5. The number of hydrogen-bond donors (Lipinski definition) is 1. The van der Waals surface area contributed by atoms with Crippen LogP contribution < -0.4 is 5.32 Å². The highest BCUT2D eigenvalue weighted by Gasteiger charge is 2.25. The van der Waals surface area contributed by atoms with Crippen LogP contribution in [0.25, 0.3) is 0 Å². The maximum Gasteiger partial charge on any atom is 0.412 e. The van der Waals surface area contributed by atoms with Crippen molar-refractivity contribution in [3.05, 3.63) is 47.7 Å². The topological polar surface area (TPSA) is 64.6 Å². The van der Waals surface area contributed by atoms with E-state index in [1.165, 1.54) is 5.56 Å². The first kappa shape index (κ1) is 20.7. The van der Waals surface area contributed by atoms with Crippen molar-refractivity contribution < 1.29 is 19.1 Å². The predicted molar refractivity (Wildman–Crippen MR) is 98.3 cm³/mol. The summed E-state index contributed by atoms with van der Waals surface area (Å²) in [5, 5.41) is 2.55. The number of rotatable bonds is 6. The fraction of sp³-hybridized carbons (Fsp3) is 0.500. The number of amides is 1. The molecule has 0 saturated heterocycles. The molecule has 0 fully saturated rings. The van der Waals surface area contributed by atoms with E-state index in [-0.39, 0.29) is 17.3 Å². The lowest BCUT2D eigenvalue weighted by molar-refractivity contribution is -0.149. The number of benzene rings is 1. The zero-order chi connectivity index (χ0) is 19.2. The van der Waals surface area contributed by atoms with E-state index in [0.717, 1.165) is 5.56 Å². The van der Waals surface area contributed by atoms with Crippen molar-refractivity contribution in [3.63, 3.8) is 0 Å². The second-order valence-electron chi connectivity index (χ2n) is 7.43.